The van der Waals surface area contributed by atoms with Crippen molar-refractivity contribution >= 4 is 18.2 Å². The molecule has 0 aliphatic rings. The van der Waals surface area contributed by atoms with Crippen LogP contribution in [-0.2, 0) is 16.8 Å². The minimum Gasteiger partial charge on any atom is -0.508 e. The van der Waals surface area contributed by atoms with Gasteiger partial charge in [-0.25, -0.2) is 4.57 Å². The Balaban J connectivity index is 2.39. The van der Waals surface area contributed by atoms with Crippen LogP contribution in [0.3, 0.4) is 0 Å². The molecule has 6 N–H and O–H groups in total. The number of hydrogen-bond acceptors (Lipinski definition) is 6. The van der Waals surface area contributed by atoms with E-state index in [1.165, 1.54) is 36.4 Å². The van der Waals surface area contributed by atoms with Crippen LogP contribution in [0.2, 0.25) is 0 Å². The molecule has 23 heavy (non-hydrogen) atoms. The Morgan fingerprint density at radius 3 is 2.09 bits per heavy atom. The Hall–Kier alpha value is -1.54. The van der Waals surface area contributed by atoms with Gasteiger partial charge in [0.2, 0.25) is 0 Å². The quantitative estimate of drug-likeness (QED) is 0.350. The summed E-state index contributed by atoms with van der Waals surface area (Å²) in [5.41, 5.74) is 0.252. The SMILES string of the molecule is O=P(O)(O)Sc1ccc(O)cc1C(O)(O)Cc1ccc(O)cc1. The number of aliphatic hydroxyl groups is 2. The smallest absolute Gasteiger partial charge is 0.388 e. The first-order valence-corrected chi connectivity index (χ1v) is 9.41. The zero-order valence-electron chi connectivity index (χ0n) is 11.7. The van der Waals surface area contributed by atoms with Crippen molar-refractivity contribution in [2.75, 3.05) is 0 Å². The van der Waals surface area contributed by atoms with E-state index in [4.69, 9.17) is 9.79 Å². The van der Waals surface area contributed by atoms with Crippen LogP contribution in [-0.4, -0.2) is 30.2 Å². The Morgan fingerprint density at radius 1 is 0.957 bits per heavy atom. The third-order valence-corrected chi connectivity index (χ3v) is 5.09. The molecule has 0 amide bonds. The summed E-state index contributed by atoms with van der Waals surface area (Å²) in [7, 11) is 0. The molecule has 2 aromatic rings. The summed E-state index contributed by atoms with van der Waals surface area (Å²) < 4.78 is 11.2. The van der Waals surface area contributed by atoms with Gasteiger partial charge in [-0.3, -0.25) is 0 Å². The summed E-state index contributed by atoms with van der Waals surface area (Å²) >= 11 is 0.172. The number of benzene rings is 2. The van der Waals surface area contributed by atoms with Gasteiger partial charge < -0.3 is 30.2 Å². The van der Waals surface area contributed by atoms with E-state index in [1.807, 2.05) is 0 Å². The van der Waals surface area contributed by atoms with Gasteiger partial charge in [-0.1, -0.05) is 12.1 Å². The molecule has 0 unspecified atom stereocenters. The minimum absolute atomic E-state index is 0.0188. The summed E-state index contributed by atoms with van der Waals surface area (Å²) in [5.74, 6) is -2.72. The lowest BCUT2D eigenvalue weighted by Crippen LogP contribution is -2.28. The van der Waals surface area contributed by atoms with Gasteiger partial charge in [0.25, 0.3) is 0 Å². The summed E-state index contributed by atoms with van der Waals surface area (Å²) in [5, 5.41) is 39.4. The maximum atomic E-state index is 11.2. The second-order valence-electron chi connectivity index (χ2n) is 4.92. The molecule has 0 saturated carbocycles. The van der Waals surface area contributed by atoms with E-state index in [1.54, 1.807) is 0 Å². The van der Waals surface area contributed by atoms with Crippen LogP contribution in [0.5, 0.6) is 11.5 Å². The molecule has 0 radical (unpaired) electrons. The van der Waals surface area contributed by atoms with E-state index in [-0.39, 0.29) is 39.8 Å². The van der Waals surface area contributed by atoms with Crippen LogP contribution >= 0.6 is 18.2 Å². The zero-order chi connectivity index (χ0) is 17.3. The van der Waals surface area contributed by atoms with Crippen molar-refractivity contribution in [2.24, 2.45) is 0 Å². The number of phenols is 2. The molecule has 9 heteroatoms. The first kappa shape index (κ1) is 17.8. The van der Waals surface area contributed by atoms with Crippen molar-refractivity contribution in [1.29, 1.82) is 0 Å². The highest BCUT2D eigenvalue weighted by molar-refractivity contribution is 8.54. The van der Waals surface area contributed by atoms with Crippen molar-refractivity contribution in [3.8, 4) is 11.5 Å². The van der Waals surface area contributed by atoms with E-state index in [0.717, 1.165) is 6.07 Å². The standard InChI is InChI=1S/C14H15O7PS/c15-10-3-1-9(2-4-10)8-14(17,18)12-7-11(16)5-6-13(12)23-22(19,20)21/h1-7,15-18H,8H2,(H2,19,20,21). The third kappa shape index (κ3) is 4.97. The van der Waals surface area contributed by atoms with Gasteiger partial charge in [0.1, 0.15) is 11.5 Å². The molecule has 0 aliphatic heterocycles. The van der Waals surface area contributed by atoms with Crippen molar-refractivity contribution in [1.82, 2.24) is 0 Å². The van der Waals surface area contributed by atoms with E-state index in [9.17, 15) is 25.0 Å². The van der Waals surface area contributed by atoms with Gasteiger partial charge in [0.15, 0.2) is 5.79 Å². The summed E-state index contributed by atoms with van der Waals surface area (Å²) in [6.07, 6.45) is -0.300. The Bertz CT molecular complexity index is 739. The van der Waals surface area contributed by atoms with Gasteiger partial charge in [-0.05, 0) is 47.3 Å². The van der Waals surface area contributed by atoms with Crippen LogP contribution in [0.4, 0.5) is 0 Å². The van der Waals surface area contributed by atoms with Crippen LogP contribution in [0.25, 0.3) is 0 Å². The fourth-order valence-corrected chi connectivity index (χ4v) is 3.98. The van der Waals surface area contributed by atoms with Gasteiger partial charge in [-0.15, -0.1) is 0 Å². The molecular formula is C14H15O7PS. The maximum absolute atomic E-state index is 11.2. The van der Waals surface area contributed by atoms with Crippen LogP contribution in [0.1, 0.15) is 11.1 Å². The Kier molecular flexibility index (Phi) is 5.05. The van der Waals surface area contributed by atoms with Crippen LogP contribution in [0.15, 0.2) is 47.4 Å². The number of hydrogen-bond donors (Lipinski definition) is 6. The van der Waals surface area contributed by atoms with Gasteiger partial charge in [-0.2, -0.15) is 0 Å². The zero-order valence-corrected chi connectivity index (χ0v) is 13.4. The number of aromatic hydroxyl groups is 2. The molecule has 0 aliphatic carbocycles. The molecule has 0 spiro atoms. The first-order valence-electron chi connectivity index (χ1n) is 6.38. The third-order valence-electron chi connectivity index (χ3n) is 3.00. The average molecular weight is 358 g/mol. The van der Waals surface area contributed by atoms with E-state index in [0.29, 0.717) is 5.56 Å². The average Bonchev–Trinajstić information content (AvgIpc) is 2.41. The topological polar surface area (TPSA) is 138 Å². The molecule has 0 heterocycles. The van der Waals surface area contributed by atoms with Gasteiger partial charge in [0.05, 0.1) is 0 Å². The van der Waals surface area contributed by atoms with E-state index >= 15 is 0 Å². The summed E-state index contributed by atoms with van der Waals surface area (Å²) in [6.45, 7) is -4.51. The van der Waals surface area contributed by atoms with Crippen LogP contribution in [0, 0.1) is 0 Å². The largest absolute Gasteiger partial charge is 0.508 e. The van der Waals surface area contributed by atoms with Crippen molar-refractivity contribution < 1.29 is 34.8 Å². The summed E-state index contributed by atoms with van der Waals surface area (Å²) in [4.78, 5) is 18.1. The fraction of sp³-hybridized carbons (Fsp3) is 0.143. The minimum atomic E-state index is -4.51. The maximum Gasteiger partial charge on any atom is 0.388 e. The lowest BCUT2D eigenvalue weighted by atomic mass is 9.97. The molecule has 124 valence electrons. The molecule has 7 nitrogen and oxygen atoms in total. The normalized spacial score (nSPS) is 12.3. The first-order chi connectivity index (χ1) is 10.6. The summed E-state index contributed by atoms with van der Waals surface area (Å²) in [6, 6.07) is 9.14. The van der Waals surface area contributed by atoms with Crippen LogP contribution < -0.4 is 0 Å². The van der Waals surface area contributed by atoms with Crippen molar-refractivity contribution in [3.05, 3.63) is 53.6 Å². The fourth-order valence-electron chi connectivity index (χ4n) is 2.03. The van der Waals surface area contributed by atoms with Gasteiger partial charge >= 0.3 is 6.80 Å². The molecule has 2 rings (SSSR count). The van der Waals surface area contributed by atoms with Crippen molar-refractivity contribution in [2.45, 2.75) is 17.1 Å². The monoisotopic (exact) mass is 358 g/mol. The molecule has 2 aromatic carbocycles. The number of phenolic OH excluding ortho intramolecular Hbond substituents is 2. The second-order valence-corrected chi connectivity index (χ2v) is 8.50. The lowest BCUT2D eigenvalue weighted by molar-refractivity contribution is -0.170. The molecule has 0 bridgehead atoms. The molecule has 0 aromatic heterocycles. The molecule has 0 fully saturated rings. The Labute approximate surface area is 135 Å². The van der Waals surface area contributed by atoms with Gasteiger partial charge in [0, 0.05) is 16.9 Å². The molecule has 0 saturated heterocycles. The lowest BCUT2D eigenvalue weighted by Gasteiger charge is -2.25. The predicted octanol–water partition coefficient (Wildman–Crippen LogP) is 1.66. The van der Waals surface area contributed by atoms with Crippen molar-refractivity contribution in [3.63, 3.8) is 0 Å². The van der Waals surface area contributed by atoms with E-state index in [2.05, 4.69) is 0 Å². The molecule has 0 atom stereocenters. The Morgan fingerprint density at radius 2 is 1.52 bits per heavy atom. The predicted molar refractivity (Wildman–Crippen MR) is 83.9 cm³/mol. The number of rotatable bonds is 5. The van der Waals surface area contributed by atoms with E-state index < -0.39 is 12.6 Å². The second kappa shape index (κ2) is 6.52. The highest BCUT2D eigenvalue weighted by atomic mass is 32.7. The highest BCUT2D eigenvalue weighted by Gasteiger charge is 2.32. The molecular weight excluding hydrogens is 343 g/mol. The highest BCUT2D eigenvalue weighted by Crippen LogP contribution is 2.56.